The summed E-state index contributed by atoms with van der Waals surface area (Å²) in [5, 5.41) is 14.4. The monoisotopic (exact) mass is 344 g/mol. The molecule has 2 heterocycles. The predicted octanol–water partition coefficient (Wildman–Crippen LogP) is 3.39. The Hall–Kier alpha value is -0.920. The van der Waals surface area contributed by atoms with Crippen molar-refractivity contribution in [3.8, 4) is 0 Å². The Morgan fingerprint density at radius 2 is 2.05 bits per heavy atom. The van der Waals surface area contributed by atoms with Crippen LogP contribution in [-0.4, -0.2) is 15.7 Å². The third-order valence-corrected chi connectivity index (χ3v) is 3.90. The Morgan fingerprint density at radius 1 is 1.26 bits per heavy atom. The first-order chi connectivity index (χ1) is 8.92. The van der Waals surface area contributed by atoms with Crippen LogP contribution >= 0.6 is 27.3 Å². The van der Waals surface area contributed by atoms with E-state index >= 15 is 0 Å². The number of rotatable bonds is 5. The van der Waals surface area contributed by atoms with E-state index in [-0.39, 0.29) is 5.54 Å². The maximum atomic E-state index is 5.50. The summed E-state index contributed by atoms with van der Waals surface area (Å²) in [4.78, 5) is 1.21. The molecule has 0 spiro atoms. The predicted molar refractivity (Wildman–Crippen MR) is 80.2 cm³/mol. The van der Waals surface area contributed by atoms with E-state index in [4.69, 9.17) is 4.42 Å². The van der Waals surface area contributed by atoms with Gasteiger partial charge in [-0.2, -0.15) is 0 Å². The molecular formula is C12H17BrN4OS. The highest BCUT2D eigenvalue weighted by atomic mass is 79.9. The van der Waals surface area contributed by atoms with Crippen molar-refractivity contribution in [2.24, 2.45) is 0 Å². The van der Waals surface area contributed by atoms with Gasteiger partial charge in [0.2, 0.25) is 5.89 Å². The van der Waals surface area contributed by atoms with Crippen LogP contribution in [0.2, 0.25) is 0 Å². The van der Waals surface area contributed by atoms with Gasteiger partial charge >= 0.3 is 6.01 Å². The fourth-order valence-corrected chi connectivity index (χ4v) is 2.77. The van der Waals surface area contributed by atoms with Gasteiger partial charge in [-0.3, -0.25) is 0 Å². The minimum absolute atomic E-state index is 0.0330. The molecule has 104 valence electrons. The Bertz CT molecular complexity index is 532. The highest BCUT2D eigenvalue weighted by Gasteiger charge is 2.12. The second kappa shape index (κ2) is 6.02. The molecule has 0 bridgehead atoms. The average molecular weight is 345 g/mol. The van der Waals surface area contributed by atoms with Gasteiger partial charge in [-0.05, 0) is 48.8 Å². The van der Waals surface area contributed by atoms with Crippen molar-refractivity contribution in [3.05, 3.63) is 26.7 Å². The van der Waals surface area contributed by atoms with Crippen molar-refractivity contribution >= 4 is 33.3 Å². The summed E-state index contributed by atoms with van der Waals surface area (Å²) in [5.41, 5.74) is 0.0330. The van der Waals surface area contributed by atoms with E-state index < -0.39 is 0 Å². The average Bonchev–Trinajstić information content (AvgIpc) is 2.92. The van der Waals surface area contributed by atoms with Crippen LogP contribution in [0.1, 0.15) is 31.5 Å². The number of halogens is 1. The van der Waals surface area contributed by atoms with E-state index in [1.54, 1.807) is 11.3 Å². The Balaban J connectivity index is 1.84. The van der Waals surface area contributed by atoms with Gasteiger partial charge in [-0.15, -0.1) is 16.4 Å². The molecule has 0 fully saturated rings. The van der Waals surface area contributed by atoms with E-state index in [2.05, 4.69) is 63.6 Å². The van der Waals surface area contributed by atoms with E-state index in [1.165, 1.54) is 4.88 Å². The summed E-state index contributed by atoms with van der Waals surface area (Å²) in [6.45, 7) is 7.54. The molecule has 2 aromatic rings. The highest BCUT2D eigenvalue weighted by Crippen LogP contribution is 2.22. The number of nitrogens with one attached hydrogen (secondary N) is 2. The smallest absolute Gasteiger partial charge is 0.315 e. The minimum Gasteiger partial charge on any atom is -0.407 e. The summed E-state index contributed by atoms with van der Waals surface area (Å²) in [5.74, 6) is 0.588. The maximum Gasteiger partial charge on any atom is 0.315 e. The van der Waals surface area contributed by atoms with Crippen LogP contribution in [0.25, 0.3) is 0 Å². The second-order valence-corrected chi connectivity index (χ2v) is 7.71. The summed E-state index contributed by atoms with van der Waals surface area (Å²) in [7, 11) is 0. The molecule has 0 saturated heterocycles. The topological polar surface area (TPSA) is 63.0 Å². The molecule has 2 aromatic heterocycles. The lowest BCUT2D eigenvalue weighted by atomic mass is 10.1. The molecule has 0 aliphatic rings. The van der Waals surface area contributed by atoms with Crippen molar-refractivity contribution in [1.29, 1.82) is 0 Å². The van der Waals surface area contributed by atoms with Crippen LogP contribution in [0.5, 0.6) is 0 Å². The van der Waals surface area contributed by atoms with E-state index in [0.29, 0.717) is 25.0 Å². The molecule has 0 atom stereocenters. The third-order valence-electron chi connectivity index (χ3n) is 2.28. The quantitative estimate of drug-likeness (QED) is 0.870. The normalized spacial score (nSPS) is 11.8. The van der Waals surface area contributed by atoms with Gasteiger partial charge in [0.1, 0.15) is 0 Å². The first-order valence-electron chi connectivity index (χ1n) is 5.98. The van der Waals surface area contributed by atoms with E-state index in [1.807, 2.05) is 6.07 Å². The zero-order valence-corrected chi connectivity index (χ0v) is 13.6. The van der Waals surface area contributed by atoms with Gasteiger partial charge in [-0.25, -0.2) is 0 Å². The lowest BCUT2D eigenvalue weighted by molar-refractivity contribution is 0.383. The number of hydrogen-bond acceptors (Lipinski definition) is 6. The Kier molecular flexibility index (Phi) is 4.59. The molecule has 7 heteroatoms. The molecule has 0 unspecified atom stereocenters. The van der Waals surface area contributed by atoms with Crippen LogP contribution < -0.4 is 10.6 Å². The van der Waals surface area contributed by atoms with Crippen LogP contribution in [0, 0.1) is 0 Å². The molecule has 5 nitrogen and oxygen atoms in total. The molecule has 0 radical (unpaired) electrons. The zero-order chi connectivity index (χ0) is 13.9. The van der Waals surface area contributed by atoms with Crippen LogP contribution in [-0.2, 0) is 13.1 Å². The lowest BCUT2D eigenvalue weighted by Gasteiger charge is -2.18. The number of hydrogen-bond donors (Lipinski definition) is 2. The SMILES string of the molecule is CC(C)(C)NCc1nnc(NCc2ccc(Br)s2)o1. The van der Waals surface area contributed by atoms with Crippen molar-refractivity contribution in [2.45, 2.75) is 39.4 Å². The molecule has 19 heavy (non-hydrogen) atoms. The van der Waals surface area contributed by atoms with E-state index in [9.17, 15) is 0 Å². The molecule has 2 rings (SSSR count). The molecule has 0 aromatic carbocycles. The van der Waals surface area contributed by atoms with Gasteiger partial charge < -0.3 is 15.1 Å². The van der Waals surface area contributed by atoms with Crippen molar-refractivity contribution in [2.75, 3.05) is 5.32 Å². The highest BCUT2D eigenvalue weighted by molar-refractivity contribution is 9.11. The molecular weight excluding hydrogens is 328 g/mol. The van der Waals surface area contributed by atoms with Crippen molar-refractivity contribution in [3.63, 3.8) is 0 Å². The summed E-state index contributed by atoms with van der Waals surface area (Å²) in [6, 6.07) is 4.53. The number of nitrogens with zero attached hydrogens (tertiary/aromatic N) is 2. The van der Waals surface area contributed by atoms with Gasteiger partial charge in [0.25, 0.3) is 0 Å². The van der Waals surface area contributed by atoms with Gasteiger partial charge in [-0.1, -0.05) is 5.10 Å². The van der Waals surface area contributed by atoms with Crippen LogP contribution in [0.4, 0.5) is 6.01 Å². The molecule has 0 aliphatic carbocycles. The first-order valence-corrected chi connectivity index (χ1v) is 7.59. The lowest BCUT2D eigenvalue weighted by Crippen LogP contribution is -2.35. The Labute approximate surface area is 124 Å². The number of thiophene rings is 1. The molecule has 0 saturated carbocycles. The van der Waals surface area contributed by atoms with Gasteiger partial charge in [0, 0.05) is 10.4 Å². The summed E-state index contributed by atoms with van der Waals surface area (Å²) < 4.78 is 6.62. The van der Waals surface area contributed by atoms with E-state index in [0.717, 1.165) is 3.79 Å². The van der Waals surface area contributed by atoms with Crippen molar-refractivity contribution < 1.29 is 4.42 Å². The maximum absolute atomic E-state index is 5.50. The molecule has 0 aliphatic heterocycles. The van der Waals surface area contributed by atoms with Gasteiger partial charge in [0.15, 0.2) is 0 Å². The fraction of sp³-hybridized carbons (Fsp3) is 0.500. The largest absolute Gasteiger partial charge is 0.407 e. The molecule has 0 amide bonds. The zero-order valence-electron chi connectivity index (χ0n) is 11.2. The summed E-state index contributed by atoms with van der Waals surface area (Å²) >= 11 is 5.11. The second-order valence-electron chi connectivity index (χ2n) is 5.16. The Morgan fingerprint density at radius 3 is 2.68 bits per heavy atom. The van der Waals surface area contributed by atoms with Crippen molar-refractivity contribution in [1.82, 2.24) is 15.5 Å². The third kappa shape index (κ3) is 4.93. The number of anilines is 1. The summed E-state index contributed by atoms with van der Waals surface area (Å²) in [6.07, 6.45) is 0. The van der Waals surface area contributed by atoms with Crippen LogP contribution in [0.3, 0.4) is 0 Å². The number of aromatic nitrogens is 2. The van der Waals surface area contributed by atoms with Crippen LogP contribution in [0.15, 0.2) is 20.3 Å². The minimum atomic E-state index is 0.0330. The first kappa shape index (κ1) is 14.5. The standard InChI is InChI=1S/C12H17BrN4OS/c1-12(2,3)15-7-10-16-17-11(18-10)14-6-8-4-5-9(13)19-8/h4-5,15H,6-7H2,1-3H3,(H,14,17). The molecule has 2 N–H and O–H groups in total. The fourth-order valence-electron chi connectivity index (χ4n) is 1.35. The van der Waals surface area contributed by atoms with Gasteiger partial charge in [0.05, 0.1) is 16.9 Å².